The van der Waals surface area contributed by atoms with Crippen molar-refractivity contribution in [3.8, 4) is 5.75 Å². The van der Waals surface area contributed by atoms with Gasteiger partial charge in [0.2, 0.25) is 5.91 Å². The van der Waals surface area contributed by atoms with Gasteiger partial charge < -0.3 is 10.1 Å². The van der Waals surface area contributed by atoms with Crippen LogP contribution in [0.15, 0.2) is 36.4 Å². The summed E-state index contributed by atoms with van der Waals surface area (Å²) in [6, 6.07) is 10.5. The van der Waals surface area contributed by atoms with Gasteiger partial charge in [0.1, 0.15) is 5.75 Å². The summed E-state index contributed by atoms with van der Waals surface area (Å²) in [5, 5.41) is 2.93. The van der Waals surface area contributed by atoms with Crippen LogP contribution >= 0.6 is 0 Å². The van der Waals surface area contributed by atoms with Gasteiger partial charge in [0.05, 0.1) is 19.2 Å². The second kappa shape index (κ2) is 6.54. The SMILES string of the molecule is COc1ccc2c(c1)C(=O)N(c1cc(C(=O)NC3CC3)ccc1C)C(=O)C2. The number of nitrogens with one attached hydrogen (secondary N) is 1. The highest BCUT2D eigenvalue weighted by atomic mass is 16.5. The lowest BCUT2D eigenvalue weighted by atomic mass is 9.96. The molecule has 0 spiro atoms. The third-order valence-electron chi connectivity index (χ3n) is 4.97. The zero-order chi connectivity index (χ0) is 19.1. The Morgan fingerprint density at radius 2 is 1.93 bits per heavy atom. The summed E-state index contributed by atoms with van der Waals surface area (Å²) < 4.78 is 5.20. The molecular weight excluding hydrogens is 344 g/mol. The van der Waals surface area contributed by atoms with Gasteiger partial charge >= 0.3 is 0 Å². The van der Waals surface area contributed by atoms with Crippen LogP contribution < -0.4 is 15.0 Å². The lowest BCUT2D eigenvalue weighted by molar-refractivity contribution is -0.117. The molecule has 27 heavy (non-hydrogen) atoms. The van der Waals surface area contributed by atoms with E-state index >= 15 is 0 Å². The number of ether oxygens (including phenoxy) is 1. The molecule has 2 aromatic carbocycles. The van der Waals surface area contributed by atoms with E-state index in [1.54, 1.807) is 36.4 Å². The molecule has 0 atom stereocenters. The number of carbonyl (C=O) groups excluding carboxylic acids is 3. The number of hydrogen-bond donors (Lipinski definition) is 1. The molecular formula is C21H20N2O4. The molecule has 0 aromatic heterocycles. The third-order valence-corrected chi connectivity index (χ3v) is 4.97. The van der Waals surface area contributed by atoms with Crippen molar-refractivity contribution in [3.05, 3.63) is 58.7 Å². The molecule has 2 aromatic rings. The zero-order valence-electron chi connectivity index (χ0n) is 15.2. The molecule has 1 N–H and O–H groups in total. The minimum atomic E-state index is -0.400. The number of carbonyl (C=O) groups is 3. The van der Waals surface area contributed by atoms with Crippen molar-refractivity contribution >= 4 is 23.4 Å². The van der Waals surface area contributed by atoms with Gasteiger partial charge in [-0.15, -0.1) is 0 Å². The Kier molecular flexibility index (Phi) is 4.18. The molecule has 0 saturated heterocycles. The average Bonchev–Trinajstić information content (AvgIpc) is 3.47. The maximum absolute atomic E-state index is 13.1. The Morgan fingerprint density at radius 1 is 1.15 bits per heavy atom. The smallest absolute Gasteiger partial charge is 0.265 e. The summed E-state index contributed by atoms with van der Waals surface area (Å²) >= 11 is 0. The lowest BCUT2D eigenvalue weighted by Gasteiger charge is -2.28. The van der Waals surface area contributed by atoms with Crippen LogP contribution in [0, 0.1) is 6.92 Å². The molecule has 1 aliphatic carbocycles. The van der Waals surface area contributed by atoms with E-state index in [4.69, 9.17) is 4.74 Å². The number of aryl methyl sites for hydroxylation is 1. The topological polar surface area (TPSA) is 75.7 Å². The van der Waals surface area contributed by atoms with Gasteiger partial charge in [0.15, 0.2) is 0 Å². The summed E-state index contributed by atoms with van der Waals surface area (Å²) in [5.41, 5.74) is 2.77. The molecule has 0 radical (unpaired) electrons. The number of fused-ring (bicyclic) bond motifs is 1. The molecule has 138 valence electrons. The summed E-state index contributed by atoms with van der Waals surface area (Å²) in [5.74, 6) is -0.327. The molecule has 0 bridgehead atoms. The van der Waals surface area contributed by atoms with Gasteiger partial charge in [-0.1, -0.05) is 12.1 Å². The molecule has 0 unspecified atom stereocenters. The van der Waals surface area contributed by atoms with E-state index in [1.807, 2.05) is 6.92 Å². The van der Waals surface area contributed by atoms with Gasteiger partial charge in [0.25, 0.3) is 11.8 Å². The minimum absolute atomic E-state index is 0.128. The Balaban J connectivity index is 1.72. The minimum Gasteiger partial charge on any atom is -0.497 e. The average molecular weight is 364 g/mol. The molecule has 1 fully saturated rings. The fourth-order valence-corrected chi connectivity index (χ4v) is 3.24. The Labute approximate surface area is 157 Å². The quantitative estimate of drug-likeness (QED) is 0.846. The van der Waals surface area contributed by atoms with Crippen molar-refractivity contribution in [2.24, 2.45) is 0 Å². The van der Waals surface area contributed by atoms with Crippen LogP contribution in [0.25, 0.3) is 0 Å². The predicted octanol–water partition coefficient (Wildman–Crippen LogP) is 2.63. The molecule has 4 rings (SSSR count). The van der Waals surface area contributed by atoms with Crippen molar-refractivity contribution < 1.29 is 19.1 Å². The first-order chi connectivity index (χ1) is 13.0. The van der Waals surface area contributed by atoms with Crippen molar-refractivity contribution in [1.29, 1.82) is 0 Å². The van der Waals surface area contributed by atoms with Crippen molar-refractivity contribution in [2.75, 3.05) is 12.0 Å². The second-order valence-electron chi connectivity index (χ2n) is 6.98. The lowest BCUT2D eigenvalue weighted by Crippen LogP contribution is -2.43. The van der Waals surface area contributed by atoms with E-state index in [2.05, 4.69) is 5.32 Å². The van der Waals surface area contributed by atoms with Crippen LogP contribution in [-0.2, 0) is 11.2 Å². The fourth-order valence-electron chi connectivity index (χ4n) is 3.24. The van der Waals surface area contributed by atoms with E-state index in [-0.39, 0.29) is 24.3 Å². The summed E-state index contributed by atoms with van der Waals surface area (Å²) in [6.07, 6.45) is 2.11. The van der Waals surface area contributed by atoms with Crippen LogP contribution in [0.4, 0.5) is 5.69 Å². The number of benzene rings is 2. The molecule has 3 amide bonds. The Bertz CT molecular complexity index is 963. The second-order valence-corrected chi connectivity index (χ2v) is 6.98. The van der Waals surface area contributed by atoms with Crippen molar-refractivity contribution in [1.82, 2.24) is 5.32 Å². The van der Waals surface area contributed by atoms with Crippen LogP contribution in [0.3, 0.4) is 0 Å². The van der Waals surface area contributed by atoms with Crippen LogP contribution in [0.2, 0.25) is 0 Å². The monoisotopic (exact) mass is 364 g/mol. The predicted molar refractivity (Wildman–Crippen MR) is 100 cm³/mol. The van der Waals surface area contributed by atoms with Gasteiger partial charge in [-0.05, 0) is 55.2 Å². The van der Waals surface area contributed by atoms with Crippen molar-refractivity contribution in [2.45, 2.75) is 32.2 Å². The summed E-state index contributed by atoms with van der Waals surface area (Å²) in [6.45, 7) is 1.82. The molecule has 1 saturated carbocycles. The van der Waals surface area contributed by atoms with Gasteiger partial charge in [-0.3, -0.25) is 14.4 Å². The Morgan fingerprint density at radius 3 is 2.63 bits per heavy atom. The van der Waals surface area contributed by atoms with E-state index in [0.29, 0.717) is 28.1 Å². The highest BCUT2D eigenvalue weighted by molar-refractivity contribution is 6.25. The standard InChI is InChI=1S/C21H20N2O4/c1-12-3-4-14(20(25)22-15-6-7-15)9-18(12)23-19(24)10-13-5-8-16(27-2)11-17(13)21(23)26/h3-5,8-9,11,15H,6-7,10H2,1-2H3,(H,22,25). The van der Waals surface area contributed by atoms with E-state index in [9.17, 15) is 14.4 Å². The number of hydrogen-bond acceptors (Lipinski definition) is 4. The number of nitrogens with zero attached hydrogens (tertiary/aromatic N) is 1. The molecule has 1 heterocycles. The first-order valence-electron chi connectivity index (χ1n) is 8.93. The van der Waals surface area contributed by atoms with Gasteiger partial charge in [-0.2, -0.15) is 0 Å². The molecule has 6 nitrogen and oxygen atoms in total. The largest absolute Gasteiger partial charge is 0.497 e. The Hall–Kier alpha value is -3.15. The van der Waals surface area contributed by atoms with E-state index < -0.39 is 5.91 Å². The fraction of sp³-hybridized carbons (Fsp3) is 0.286. The molecule has 1 aliphatic heterocycles. The highest BCUT2D eigenvalue weighted by Crippen LogP contribution is 2.31. The normalized spacial score (nSPS) is 16.1. The molecule has 6 heteroatoms. The maximum Gasteiger partial charge on any atom is 0.265 e. The number of anilines is 1. The first-order valence-corrected chi connectivity index (χ1v) is 8.93. The van der Waals surface area contributed by atoms with Crippen LogP contribution in [0.5, 0.6) is 5.75 Å². The summed E-state index contributed by atoms with van der Waals surface area (Å²) in [7, 11) is 1.53. The van der Waals surface area contributed by atoms with Crippen LogP contribution in [0.1, 0.15) is 44.7 Å². The number of amides is 3. The van der Waals surface area contributed by atoms with Crippen molar-refractivity contribution in [3.63, 3.8) is 0 Å². The molecule has 2 aliphatic rings. The van der Waals surface area contributed by atoms with Gasteiger partial charge in [0, 0.05) is 17.2 Å². The van der Waals surface area contributed by atoms with Crippen LogP contribution in [-0.4, -0.2) is 30.9 Å². The van der Waals surface area contributed by atoms with E-state index in [1.165, 1.54) is 12.0 Å². The maximum atomic E-state index is 13.1. The summed E-state index contributed by atoms with van der Waals surface area (Å²) in [4.78, 5) is 39.3. The number of methoxy groups -OCH3 is 1. The van der Waals surface area contributed by atoms with E-state index in [0.717, 1.165) is 18.4 Å². The number of imide groups is 1. The van der Waals surface area contributed by atoms with Gasteiger partial charge in [-0.25, -0.2) is 4.90 Å². The zero-order valence-corrected chi connectivity index (χ0v) is 15.2. The third kappa shape index (κ3) is 3.18. The number of rotatable bonds is 4. The first kappa shape index (κ1) is 17.3. The highest BCUT2D eigenvalue weighted by Gasteiger charge is 2.34.